The second kappa shape index (κ2) is 5.47. The molecular weight excluding hydrogens is 226 g/mol. The van der Waals surface area contributed by atoms with Gasteiger partial charge in [0, 0.05) is 6.54 Å². The lowest BCUT2D eigenvalue weighted by molar-refractivity contribution is -0.138. The summed E-state index contributed by atoms with van der Waals surface area (Å²) in [4.78, 5) is 11.1. The van der Waals surface area contributed by atoms with Gasteiger partial charge in [-0.3, -0.25) is 4.79 Å². The van der Waals surface area contributed by atoms with Crippen LogP contribution in [0, 0.1) is 0 Å². The van der Waals surface area contributed by atoms with Crippen LogP contribution >= 0.6 is 0 Å². The molecule has 1 unspecified atom stereocenters. The van der Waals surface area contributed by atoms with Gasteiger partial charge in [-0.05, 0) is 16.7 Å². The second-order valence-corrected chi connectivity index (χ2v) is 4.12. The standard InChI is InChI=1S/C15H15NO2/c16-10-14(15(17)18)13-8-4-7-12(9-13)11-5-2-1-3-6-11/h1-9,14H,10,16H2,(H,17,18). The summed E-state index contributed by atoms with van der Waals surface area (Å²) in [5.74, 6) is -1.53. The van der Waals surface area contributed by atoms with E-state index in [0.29, 0.717) is 0 Å². The topological polar surface area (TPSA) is 63.3 Å². The molecule has 2 aromatic carbocycles. The molecular formula is C15H15NO2. The molecule has 0 amide bonds. The molecule has 92 valence electrons. The summed E-state index contributed by atoms with van der Waals surface area (Å²) in [7, 11) is 0. The van der Waals surface area contributed by atoms with E-state index in [2.05, 4.69) is 0 Å². The minimum absolute atomic E-state index is 0.105. The van der Waals surface area contributed by atoms with E-state index < -0.39 is 11.9 Å². The van der Waals surface area contributed by atoms with Gasteiger partial charge in [0.1, 0.15) is 0 Å². The molecule has 18 heavy (non-hydrogen) atoms. The minimum atomic E-state index is -0.886. The van der Waals surface area contributed by atoms with Gasteiger partial charge in [-0.15, -0.1) is 0 Å². The monoisotopic (exact) mass is 241 g/mol. The van der Waals surface area contributed by atoms with Crippen LogP contribution in [0.4, 0.5) is 0 Å². The van der Waals surface area contributed by atoms with Crippen molar-refractivity contribution < 1.29 is 9.90 Å². The van der Waals surface area contributed by atoms with Gasteiger partial charge in [0.05, 0.1) is 5.92 Å². The molecule has 3 heteroatoms. The molecule has 0 fully saturated rings. The van der Waals surface area contributed by atoms with Gasteiger partial charge in [0.15, 0.2) is 0 Å². The lowest BCUT2D eigenvalue weighted by Gasteiger charge is -2.11. The molecule has 0 aliphatic carbocycles. The van der Waals surface area contributed by atoms with Crippen LogP contribution in [0.2, 0.25) is 0 Å². The van der Waals surface area contributed by atoms with E-state index in [1.807, 2.05) is 48.5 Å². The summed E-state index contributed by atoms with van der Waals surface area (Å²) >= 11 is 0. The van der Waals surface area contributed by atoms with Crippen molar-refractivity contribution in [2.45, 2.75) is 5.92 Å². The molecule has 0 saturated carbocycles. The molecule has 0 aliphatic heterocycles. The molecule has 0 radical (unpaired) electrons. The zero-order valence-electron chi connectivity index (χ0n) is 9.91. The number of hydrogen-bond acceptors (Lipinski definition) is 2. The highest BCUT2D eigenvalue weighted by molar-refractivity contribution is 5.77. The number of nitrogens with two attached hydrogens (primary N) is 1. The fraction of sp³-hybridized carbons (Fsp3) is 0.133. The third-order valence-corrected chi connectivity index (χ3v) is 2.93. The summed E-state index contributed by atoms with van der Waals surface area (Å²) < 4.78 is 0. The Morgan fingerprint density at radius 3 is 2.33 bits per heavy atom. The summed E-state index contributed by atoms with van der Waals surface area (Å²) in [6.07, 6.45) is 0. The number of carboxylic acids is 1. The maximum Gasteiger partial charge on any atom is 0.312 e. The van der Waals surface area contributed by atoms with Gasteiger partial charge in [0.2, 0.25) is 0 Å². The van der Waals surface area contributed by atoms with E-state index in [4.69, 9.17) is 10.8 Å². The molecule has 0 aromatic heterocycles. The van der Waals surface area contributed by atoms with E-state index in [1.54, 1.807) is 6.07 Å². The summed E-state index contributed by atoms with van der Waals surface area (Å²) in [5.41, 5.74) is 8.33. The van der Waals surface area contributed by atoms with Crippen LogP contribution in [-0.2, 0) is 4.79 Å². The Balaban J connectivity index is 2.39. The second-order valence-electron chi connectivity index (χ2n) is 4.12. The van der Waals surface area contributed by atoms with Gasteiger partial charge in [-0.2, -0.15) is 0 Å². The van der Waals surface area contributed by atoms with E-state index in [-0.39, 0.29) is 6.54 Å². The number of aliphatic carboxylic acids is 1. The van der Waals surface area contributed by atoms with Crippen molar-refractivity contribution in [1.29, 1.82) is 0 Å². The number of hydrogen-bond donors (Lipinski definition) is 2. The summed E-state index contributed by atoms with van der Waals surface area (Å²) in [6.45, 7) is 0.105. The van der Waals surface area contributed by atoms with Crippen molar-refractivity contribution in [2.75, 3.05) is 6.54 Å². The Morgan fingerprint density at radius 2 is 1.72 bits per heavy atom. The van der Waals surface area contributed by atoms with Crippen LogP contribution in [0.25, 0.3) is 11.1 Å². The quantitative estimate of drug-likeness (QED) is 0.864. The largest absolute Gasteiger partial charge is 0.481 e. The molecule has 0 aliphatic rings. The highest BCUT2D eigenvalue weighted by Crippen LogP contribution is 2.23. The maximum absolute atomic E-state index is 11.1. The molecule has 0 heterocycles. The zero-order chi connectivity index (χ0) is 13.0. The van der Waals surface area contributed by atoms with Crippen molar-refractivity contribution in [1.82, 2.24) is 0 Å². The van der Waals surface area contributed by atoms with E-state index in [1.165, 1.54) is 0 Å². The van der Waals surface area contributed by atoms with Gasteiger partial charge >= 0.3 is 5.97 Å². The lowest BCUT2D eigenvalue weighted by Crippen LogP contribution is -2.21. The van der Waals surface area contributed by atoms with Crippen molar-refractivity contribution >= 4 is 5.97 Å². The van der Waals surface area contributed by atoms with E-state index in [0.717, 1.165) is 16.7 Å². The fourth-order valence-corrected chi connectivity index (χ4v) is 1.95. The predicted octanol–water partition coefficient (Wildman–Crippen LogP) is 2.48. The van der Waals surface area contributed by atoms with Gasteiger partial charge < -0.3 is 10.8 Å². The normalized spacial score (nSPS) is 12.1. The third-order valence-electron chi connectivity index (χ3n) is 2.93. The van der Waals surface area contributed by atoms with Crippen LogP contribution in [0.3, 0.4) is 0 Å². The Kier molecular flexibility index (Phi) is 3.75. The fourth-order valence-electron chi connectivity index (χ4n) is 1.95. The Morgan fingerprint density at radius 1 is 1.06 bits per heavy atom. The molecule has 1 atom stereocenters. The average molecular weight is 241 g/mol. The first-order valence-corrected chi connectivity index (χ1v) is 5.80. The molecule has 2 rings (SSSR count). The number of carboxylic acid groups (broad SMARTS) is 1. The van der Waals surface area contributed by atoms with Crippen LogP contribution < -0.4 is 5.73 Å². The summed E-state index contributed by atoms with van der Waals surface area (Å²) in [6, 6.07) is 17.4. The maximum atomic E-state index is 11.1. The molecule has 0 bridgehead atoms. The zero-order valence-corrected chi connectivity index (χ0v) is 9.91. The van der Waals surface area contributed by atoms with Crippen molar-refractivity contribution in [2.24, 2.45) is 5.73 Å². The average Bonchev–Trinajstić information content (AvgIpc) is 2.40. The SMILES string of the molecule is NCC(C(=O)O)c1cccc(-c2ccccc2)c1. The number of carbonyl (C=O) groups is 1. The minimum Gasteiger partial charge on any atom is -0.481 e. The van der Waals surface area contributed by atoms with Crippen molar-refractivity contribution in [3.05, 3.63) is 60.2 Å². The first kappa shape index (κ1) is 12.3. The van der Waals surface area contributed by atoms with Gasteiger partial charge in [-0.1, -0.05) is 54.6 Å². The number of rotatable bonds is 4. The van der Waals surface area contributed by atoms with Crippen LogP contribution in [-0.4, -0.2) is 17.6 Å². The van der Waals surface area contributed by atoms with Crippen molar-refractivity contribution in [3.8, 4) is 11.1 Å². The predicted molar refractivity (Wildman–Crippen MR) is 71.3 cm³/mol. The van der Waals surface area contributed by atoms with E-state index >= 15 is 0 Å². The highest BCUT2D eigenvalue weighted by atomic mass is 16.4. The van der Waals surface area contributed by atoms with Gasteiger partial charge in [-0.25, -0.2) is 0 Å². The summed E-state index contributed by atoms with van der Waals surface area (Å²) in [5, 5.41) is 9.11. The van der Waals surface area contributed by atoms with Crippen LogP contribution in [0.5, 0.6) is 0 Å². The molecule has 3 nitrogen and oxygen atoms in total. The molecule has 2 aromatic rings. The van der Waals surface area contributed by atoms with Gasteiger partial charge in [0.25, 0.3) is 0 Å². The van der Waals surface area contributed by atoms with Crippen LogP contribution in [0.15, 0.2) is 54.6 Å². The third kappa shape index (κ3) is 2.57. The number of benzene rings is 2. The molecule has 0 saturated heterocycles. The first-order valence-electron chi connectivity index (χ1n) is 5.80. The van der Waals surface area contributed by atoms with E-state index in [9.17, 15) is 4.79 Å². The van der Waals surface area contributed by atoms with Crippen LogP contribution in [0.1, 0.15) is 11.5 Å². The lowest BCUT2D eigenvalue weighted by atomic mass is 9.95. The van der Waals surface area contributed by atoms with Crippen molar-refractivity contribution in [3.63, 3.8) is 0 Å². The Bertz CT molecular complexity index is 537. The Hall–Kier alpha value is -2.13. The molecule has 0 spiro atoms. The highest BCUT2D eigenvalue weighted by Gasteiger charge is 2.17. The Labute approximate surface area is 106 Å². The first-order chi connectivity index (χ1) is 8.72. The molecule has 3 N–H and O–H groups in total. The smallest absolute Gasteiger partial charge is 0.312 e.